The first-order valence-corrected chi connectivity index (χ1v) is 7.44. The smallest absolute Gasteiger partial charge is 0.386 e. The van der Waals surface area contributed by atoms with Gasteiger partial charge in [0.1, 0.15) is 23.6 Å². The molecule has 0 aromatic carbocycles. The Labute approximate surface area is 135 Å². The molecular weight excluding hydrogens is 327 g/mol. The minimum Gasteiger partial charge on any atom is -0.386 e. The van der Waals surface area contributed by atoms with E-state index >= 15 is 0 Å². The van der Waals surface area contributed by atoms with Gasteiger partial charge in [-0.15, -0.1) is 0 Å². The quantitative estimate of drug-likeness (QED) is 0.877. The summed E-state index contributed by atoms with van der Waals surface area (Å²) in [5, 5.41) is 6.32. The first-order valence-electron chi connectivity index (χ1n) is 7.44. The zero-order chi connectivity index (χ0) is 17.4. The van der Waals surface area contributed by atoms with E-state index in [-0.39, 0.29) is 17.4 Å². The van der Waals surface area contributed by atoms with E-state index in [4.69, 9.17) is 4.84 Å². The molecule has 2 aliphatic heterocycles. The Morgan fingerprint density at radius 3 is 2.92 bits per heavy atom. The maximum Gasteiger partial charge on any atom is 0.433 e. The molecule has 0 saturated carbocycles. The Bertz CT molecular complexity index is 679. The lowest BCUT2D eigenvalue weighted by molar-refractivity contribution is -0.141. The number of alkyl halides is 3. The van der Waals surface area contributed by atoms with Crippen LogP contribution in [0.5, 0.6) is 0 Å². The highest BCUT2D eigenvalue weighted by Crippen LogP contribution is 2.36. The van der Waals surface area contributed by atoms with Crippen LogP contribution in [0.15, 0.2) is 17.5 Å². The normalized spacial score (nSPS) is 23.8. The Morgan fingerprint density at radius 2 is 2.21 bits per heavy atom. The number of carbonyl (C=O) groups excluding carboxylic acids is 1. The van der Waals surface area contributed by atoms with Crippen molar-refractivity contribution in [2.75, 3.05) is 25.0 Å². The van der Waals surface area contributed by atoms with Crippen LogP contribution in [0.2, 0.25) is 0 Å². The van der Waals surface area contributed by atoms with Gasteiger partial charge in [-0.1, -0.05) is 5.16 Å². The second-order valence-electron chi connectivity index (χ2n) is 5.85. The zero-order valence-electron chi connectivity index (χ0n) is 12.9. The third-order valence-electron chi connectivity index (χ3n) is 4.13. The highest BCUT2D eigenvalue weighted by molar-refractivity contribution is 6.39. The molecule has 2 aliphatic rings. The summed E-state index contributed by atoms with van der Waals surface area (Å²) in [7, 11) is 1.50. The molecule has 0 bridgehead atoms. The van der Waals surface area contributed by atoms with Gasteiger partial charge in [-0.25, -0.2) is 9.97 Å². The second-order valence-corrected chi connectivity index (χ2v) is 5.85. The van der Waals surface area contributed by atoms with Crippen molar-refractivity contribution < 1.29 is 22.8 Å². The van der Waals surface area contributed by atoms with E-state index in [9.17, 15) is 18.0 Å². The van der Waals surface area contributed by atoms with Crippen molar-refractivity contribution in [2.24, 2.45) is 5.16 Å². The first kappa shape index (κ1) is 16.5. The van der Waals surface area contributed by atoms with Gasteiger partial charge >= 0.3 is 6.18 Å². The summed E-state index contributed by atoms with van der Waals surface area (Å²) in [6.45, 7) is 0.861. The molecule has 1 fully saturated rings. The Balaban J connectivity index is 1.77. The lowest BCUT2D eigenvalue weighted by Crippen LogP contribution is -2.49. The van der Waals surface area contributed by atoms with Crippen molar-refractivity contribution in [3.05, 3.63) is 18.1 Å². The topological polar surface area (TPSA) is 79.7 Å². The standard InChI is InChI=1S/C14H16F3N5O2/c1-18-12(23)9-6-13(24-21-9)3-2-4-22(7-13)11-5-10(14(15,16)17)19-8-20-11/h5,8H,2-4,6-7H2,1H3,(H,18,23)/t13-/m1/s1. The van der Waals surface area contributed by atoms with Gasteiger partial charge in [0, 0.05) is 26.1 Å². The van der Waals surface area contributed by atoms with E-state index in [2.05, 4.69) is 20.4 Å². The van der Waals surface area contributed by atoms with Crippen LogP contribution in [0.25, 0.3) is 0 Å². The fraction of sp³-hybridized carbons (Fsp3) is 0.571. The number of hydrogen-bond donors (Lipinski definition) is 1. The van der Waals surface area contributed by atoms with E-state index in [0.29, 0.717) is 32.4 Å². The Kier molecular flexibility index (Phi) is 4.06. The van der Waals surface area contributed by atoms with E-state index in [1.807, 2.05) is 0 Å². The van der Waals surface area contributed by atoms with Gasteiger partial charge in [0.15, 0.2) is 5.60 Å². The minimum absolute atomic E-state index is 0.188. The molecule has 1 saturated heterocycles. The van der Waals surface area contributed by atoms with E-state index in [0.717, 1.165) is 12.4 Å². The molecule has 24 heavy (non-hydrogen) atoms. The monoisotopic (exact) mass is 343 g/mol. The van der Waals surface area contributed by atoms with Crippen LogP contribution in [-0.4, -0.2) is 47.3 Å². The number of nitrogens with zero attached hydrogens (tertiary/aromatic N) is 4. The number of nitrogens with one attached hydrogen (secondary N) is 1. The fourth-order valence-electron chi connectivity index (χ4n) is 2.98. The molecule has 1 atom stereocenters. The van der Waals surface area contributed by atoms with Crippen LogP contribution in [0.3, 0.4) is 0 Å². The predicted molar refractivity (Wildman–Crippen MR) is 78.4 cm³/mol. The largest absolute Gasteiger partial charge is 0.433 e. The molecule has 3 heterocycles. The van der Waals surface area contributed by atoms with Crippen LogP contribution >= 0.6 is 0 Å². The maximum absolute atomic E-state index is 12.8. The molecule has 0 radical (unpaired) electrons. The Hall–Kier alpha value is -2.39. The number of halogens is 3. The van der Waals surface area contributed by atoms with E-state index in [1.54, 1.807) is 4.90 Å². The zero-order valence-corrected chi connectivity index (χ0v) is 12.9. The molecule has 10 heteroatoms. The van der Waals surface area contributed by atoms with E-state index in [1.165, 1.54) is 7.05 Å². The van der Waals surface area contributed by atoms with Crippen LogP contribution in [0.1, 0.15) is 25.0 Å². The SMILES string of the molecule is CNC(=O)C1=NO[C@]2(CCCN(c3cc(C(F)(F)F)ncn3)C2)C1. The summed E-state index contributed by atoms with van der Waals surface area (Å²) < 4.78 is 38.4. The van der Waals surface area contributed by atoms with Crippen molar-refractivity contribution in [3.63, 3.8) is 0 Å². The van der Waals surface area contributed by atoms with Crippen molar-refractivity contribution in [1.82, 2.24) is 15.3 Å². The summed E-state index contributed by atoms with van der Waals surface area (Å²) in [5.41, 5.74) is -1.40. The number of anilines is 1. The summed E-state index contributed by atoms with van der Waals surface area (Å²) in [6, 6.07) is 0.925. The average Bonchev–Trinajstić information content (AvgIpc) is 2.97. The molecule has 1 aromatic rings. The Morgan fingerprint density at radius 1 is 1.42 bits per heavy atom. The summed E-state index contributed by atoms with van der Waals surface area (Å²) >= 11 is 0. The third-order valence-corrected chi connectivity index (χ3v) is 4.13. The number of hydrogen-bond acceptors (Lipinski definition) is 6. The van der Waals surface area contributed by atoms with Crippen molar-refractivity contribution in [3.8, 4) is 0 Å². The fourth-order valence-corrected chi connectivity index (χ4v) is 2.98. The van der Waals surface area contributed by atoms with Crippen LogP contribution in [0, 0.1) is 0 Å². The van der Waals surface area contributed by atoms with Crippen molar-refractivity contribution in [2.45, 2.75) is 31.0 Å². The number of aromatic nitrogens is 2. The van der Waals surface area contributed by atoms with Gasteiger partial charge in [0.2, 0.25) is 0 Å². The number of carbonyl (C=O) groups is 1. The highest BCUT2D eigenvalue weighted by Gasteiger charge is 2.45. The molecule has 0 aliphatic carbocycles. The molecule has 7 nitrogen and oxygen atoms in total. The van der Waals surface area contributed by atoms with Crippen molar-refractivity contribution in [1.29, 1.82) is 0 Å². The van der Waals surface area contributed by atoms with Crippen LogP contribution < -0.4 is 10.2 Å². The molecule has 130 valence electrons. The predicted octanol–water partition coefficient (Wildman–Crippen LogP) is 1.36. The van der Waals surface area contributed by atoms with E-state index < -0.39 is 17.5 Å². The van der Waals surface area contributed by atoms with Gasteiger partial charge in [-0.3, -0.25) is 4.79 Å². The molecule has 1 amide bonds. The average molecular weight is 343 g/mol. The highest BCUT2D eigenvalue weighted by atomic mass is 19.4. The lowest BCUT2D eigenvalue weighted by atomic mass is 9.88. The second kappa shape index (κ2) is 5.91. The van der Waals surface area contributed by atoms with Gasteiger partial charge in [0.25, 0.3) is 5.91 Å². The van der Waals surface area contributed by atoms with Crippen LogP contribution in [0.4, 0.5) is 19.0 Å². The molecule has 0 unspecified atom stereocenters. The number of piperidine rings is 1. The summed E-state index contributed by atoms with van der Waals surface area (Å²) in [4.78, 5) is 26.1. The number of amides is 1. The van der Waals surface area contributed by atoms with Crippen LogP contribution in [-0.2, 0) is 15.8 Å². The molecule has 1 N–H and O–H groups in total. The van der Waals surface area contributed by atoms with Gasteiger partial charge in [0.05, 0.1) is 6.54 Å². The summed E-state index contributed by atoms with van der Waals surface area (Å²) in [6.07, 6.45) is -1.93. The van der Waals surface area contributed by atoms with Gasteiger partial charge in [-0.2, -0.15) is 13.2 Å². The van der Waals surface area contributed by atoms with Crippen molar-refractivity contribution >= 4 is 17.4 Å². The minimum atomic E-state index is -4.52. The molecule has 1 spiro atoms. The third kappa shape index (κ3) is 3.13. The molecular formula is C14H16F3N5O2. The molecule has 1 aromatic heterocycles. The summed E-state index contributed by atoms with van der Waals surface area (Å²) in [5.74, 6) is -0.126. The number of rotatable bonds is 2. The number of oxime groups is 1. The lowest BCUT2D eigenvalue weighted by Gasteiger charge is -2.38. The van der Waals surface area contributed by atoms with Gasteiger partial charge in [-0.05, 0) is 12.8 Å². The molecule has 3 rings (SSSR count). The first-order chi connectivity index (χ1) is 11.3. The van der Waals surface area contributed by atoms with Gasteiger partial charge < -0.3 is 15.1 Å². The maximum atomic E-state index is 12.8.